The molecule has 7 heteroatoms. The fourth-order valence-corrected chi connectivity index (χ4v) is 3.31. The van der Waals surface area contributed by atoms with Crippen molar-refractivity contribution in [3.8, 4) is 11.8 Å². The first-order valence-corrected chi connectivity index (χ1v) is 9.64. The average molecular weight is 505 g/mol. The first-order valence-electron chi connectivity index (χ1n) is 9.64. The second-order valence-corrected chi connectivity index (χ2v) is 6.66. The van der Waals surface area contributed by atoms with E-state index in [2.05, 4.69) is 40.2 Å². The standard InChI is InChI=1S/C22H27N5O.HI/c1-3-24-22(25-17-19-7-4-6-18(14-19)16-23)27-12-10-26(11-13-27)20-8-5-9-21(15-20)28-2;/h4-9,14-15H,3,10-13,17H2,1-2H3,(H,24,25);1H. The lowest BCUT2D eigenvalue weighted by Gasteiger charge is -2.37. The maximum Gasteiger partial charge on any atom is 0.194 e. The van der Waals surface area contributed by atoms with Gasteiger partial charge in [-0.2, -0.15) is 5.26 Å². The SMILES string of the molecule is CCNC(=NCc1cccc(C#N)c1)N1CCN(c2cccc(OC)c2)CC1.I. The summed E-state index contributed by atoms with van der Waals surface area (Å²) in [5.74, 6) is 1.81. The Morgan fingerprint density at radius 3 is 2.59 bits per heavy atom. The Morgan fingerprint density at radius 1 is 1.14 bits per heavy atom. The molecule has 0 aromatic heterocycles. The molecule has 3 rings (SSSR count). The normalized spacial score (nSPS) is 14.0. The summed E-state index contributed by atoms with van der Waals surface area (Å²) in [4.78, 5) is 9.47. The smallest absolute Gasteiger partial charge is 0.194 e. The van der Waals surface area contributed by atoms with Gasteiger partial charge in [-0.05, 0) is 36.8 Å². The summed E-state index contributed by atoms with van der Waals surface area (Å²) in [5, 5.41) is 12.5. The molecule has 2 aromatic carbocycles. The zero-order chi connectivity index (χ0) is 19.8. The van der Waals surface area contributed by atoms with Crippen LogP contribution in [0.1, 0.15) is 18.1 Å². The van der Waals surface area contributed by atoms with Gasteiger partial charge in [0.05, 0.1) is 25.3 Å². The lowest BCUT2D eigenvalue weighted by atomic mass is 10.1. The Balaban J connectivity index is 0.00000300. The molecule has 1 fully saturated rings. The maximum atomic E-state index is 9.06. The first kappa shape index (κ1) is 22.8. The van der Waals surface area contributed by atoms with Gasteiger partial charge in [-0.25, -0.2) is 4.99 Å². The van der Waals surface area contributed by atoms with Gasteiger partial charge in [-0.1, -0.05) is 18.2 Å². The molecule has 2 aromatic rings. The summed E-state index contributed by atoms with van der Waals surface area (Å²) in [5.41, 5.74) is 2.91. The second kappa shape index (κ2) is 11.5. The van der Waals surface area contributed by atoms with Gasteiger partial charge >= 0.3 is 0 Å². The molecule has 1 heterocycles. The number of rotatable bonds is 5. The van der Waals surface area contributed by atoms with Crippen molar-refractivity contribution in [3.63, 3.8) is 0 Å². The maximum absolute atomic E-state index is 9.06. The molecule has 1 N–H and O–H groups in total. The number of aliphatic imine (C=N–C) groups is 1. The third kappa shape index (κ3) is 6.26. The number of guanidine groups is 1. The number of ether oxygens (including phenoxy) is 1. The minimum absolute atomic E-state index is 0. The number of benzene rings is 2. The van der Waals surface area contributed by atoms with Crippen LogP contribution in [0.15, 0.2) is 53.5 Å². The first-order chi connectivity index (χ1) is 13.7. The zero-order valence-corrected chi connectivity index (χ0v) is 19.3. The van der Waals surface area contributed by atoms with Crippen molar-refractivity contribution in [1.82, 2.24) is 10.2 Å². The van der Waals surface area contributed by atoms with Crippen molar-refractivity contribution in [2.45, 2.75) is 13.5 Å². The van der Waals surface area contributed by atoms with Crippen LogP contribution in [0.4, 0.5) is 5.69 Å². The van der Waals surface area contributed by atoms with E-state index < -0.39 is 0 Å². The number of hydrogen-bond donors (Lipinski definition) is 1. The van der Waals surface area contributed by atoms with Crippen molar-refractivity contribution >= 4 is 35.6 Å². The van der Waals surface area contributed by atoms with Crippen LogP contribution in [0.5, 0.6) is 5.75 Å². The van der Waals surface area contributed by atoms with Crippen LogP contribution in [0.3, 0.4) is 0 Å². The summed E-state index contributed by atoms with van der Waals surface area (Å²) in [6.07, 6.45) is 0. The number of nitriles is 1. The van der Waals surface area contributed by atoms with E-state index in [1.165, 1.54) is 5.69 Å². The molecule has 0 amide bonds. The number of nitrogens with one attached hydrogen (secondary N) is 1. The minimum Gasteiger partial charge on any atom is -0.497 e. The van der Waals surface area contributed by atoms with Crippen LogP contribution >= 0.6 is 24.0 Å². The number of anilines is 1. The molecule has 29 heavy (non-hydrogen) atoms. The van der Waals surface area contributed by atoms with Crippen molar-refractivity contribution < 1.29 is 4.74 Å². The molecule has 0 radical (unpaired) electrons. The third-order valence-electron chi connectivity index (χ3n) is 4.80. The van der Waals surface area contributed by atoms with Gasteiger partial charge in [0.15, 0.2) is 5.96 Å². The molecule has 6 nitrogen and oxygen atoms in total. The topological polar surface area (TPSA) is 63.9 Å². The van der Waals surface area contributed by atoms with Gasteiger partial charge in [-0.3, -0.25) is 0 Å². The van der Waals surface area contributed by atoms with E-state index in [9.17, 15) is 0 Å². The van der Waals surface area contributed by atoms with Crippen molar-refractivity contribution in [1.29, 1.82) is 5.26 Å². The van der Waals surface area contributed by atoms with Gasteiger partial charge in [0.1, 0.15) is 5.75 Å². The van der Waals surface area contributed by atoms with Gasteiger partial charge in [0, 0.05) is 44.5 Å². The lowest BCUT2D eigenvalue weighted by Crippen LogP contribution is -2.52. The number of piperazine rings is 1. The van der Waals surface area contributed by atoms with Crippen LogP contribution in [-0.2, 0) is 6.54 Å². The van der Waals surface area contributed by atoms with E-state index >= 15 is 0 Å². The van der Waals surface area contributed by atoms with E-state index in [0.29, 0.717) is 12.1 Å². The van der Waals surface area contributed by atoms with Crippen molar-refractivity contribution in [2.75, 3.05) is 44.7 Å². The third-order valence-corrected chi connectivity index (χ3v) is 4.80. The van der Waals surface area contributed by atoms with Gasteiger partial charge < -0.3 is 19.9 Å². The summed E-state index contributed by atoms with van der Waals surface area (Å²) < 4.78 is 5.34. The quantitative estimate of drug-likeness (QED) is 0.383. The average Bonchev–Trinajstić information content (AvgIpc) is 2.77. The lowest BCUT2D eigenvalue weighted by molar-refractivity contribution is 0.372. The summed E-state index contributed by atoms with van der Waals surface area (Å²) in [7, 11) is 1.70. The molecule has 0 spiro atoms. The number of halogens is 1. The fraction of sp³-hybridized carbons (Fsp3) is 0.364. The van der Waals surface area contributed by atoms with E-state index in [-0.39, 0.29) is 24.0 Å². The summed E-state index contributed by atoms with van der Waals surface area (Å²) in [6.45, 7) is 7.14. The van der Waals surface area contributed by atoms with Crippen LogP contribution in [0.25, 0.3) is 0 Å². The van der Waals surface area contributed by atoms with E-state index in [4.69, 9.17) is 15.0 Å². The molecule has 1 aliphatic rings. The summed E-state index contributed by atoms with van der Waals surface area (Å²) >= 11 is 0. The molecule has 0 bridgehead atoms. The Kier molecular flexibility index (Phi) is 9.06. The summed E-state index contributed by atoms with van der Waals surface area (Å²) in [6, 6.07) is 18.0. The molecule has 1 aliphatic heterocycles. The zero-order valence-electron chi connectivity index (χ0n) is 17.0. The van der Waals surface area contributed by atoms with Crippen LogP contribution in [-0.4, -0.2) is 50.7 Å². The highest BCUT2D eigenvalue weighted by atomic mass is 127. The predicted molar refractivity (Wildman–Crippen MR) is 128 cm³/mol. The van der Waals surface area contributed by atoms with Crippen LogP contribution in [0, 0.1) is 11.3 Å². The predicted octanol–water partition coefficient (Wildman–Crippen LogP) is 3.47. The van der Waals surface area contributed by atoms with E-state index in [1.54, 1.807) is 7.11 Å². The molecule has 0 aliphatic carbocycles. The molecule has 0 unspecified atom stereocenters. The van der Waals surface area contributed by atoms with Crippen molar-refractivity contribution in [2.24, 2.45) is 4.99 Å². The fourth-order valence-electron chi connectivity index (χ4n) is 3.31. The highest BCUT2D eigenvalue weighted by molar-refractivity contribution is 14.0. The second-order valence-electron chi connectivity index (χ2n) is 6.66. The van der Waals surface area contributed by atoms with Gasteiger partial charge in [0.2, 0.25) is 0 Å². The highest BCUT2D eigenvalue weighted by Gasteiger charge is 2.20. The van der Waals surface area contributed by atoms with Crippen LogP contribution in [0.2, 0.25) is 0 Å². The molecule has 0 saturated carbocycles. The Hall–Kier alpha value is -2.47. The van der Waals surface area contributed by atoms with Gasteiger partial charge in [-0.15, -0.1) is 24.0 Å². The van der Waals surface area contributed by atoms with E-state index in [0.717, 1.165) is 50.0 Å². The minimum atomic E-state index is 0. The molecular formula is C22H28IN5O. The Bertz CT molecular complexity index is 856. The van der Waals surface area contributed by atoms with Gasteiger partial charge in [0.25, 0.3) is 0 Å². The Labute approximate surface area is 190 Å². The molecular weight excluding hydrogens is 477 g/mol. The molecule has 1 saturated heterocycles. The number of hydrogen-bond acceptors (Lipinski definition) is 4. The largest absolute Gasteiger partial charge is 0.497 e. The van der Waals surface area contributed by atoms with E-state index in [1.807, 2.05) is 36.4 Å². The highest BCUT2D eigenvalue weighted by Crippen LogP contribution is 2.22. The molecule has 0 atom stereocenters. The monoisotopic (exact) mass is 505 g/mol. The Morgan fingerprint density at radius 2 is 1.90 bits per heavy atom. The number of nitrogens with zero attached hydrogens (tertiary/aromatic N) is 4. The number of methoxy groups -OCH3 is 1. The molecule has 154 valence electrons. The van der Waals surface area contributed by atoms with Crippen molar-refractivity contribution in [3.05, 3.63) is 59.7 Å². The van der Waals surface area contributed by atoms with Crippen LogP contribution < -0.4 is 15.0 Å².